The van der Waals surface area contributed by atoms with E-state index in [4.69, 9.17) is 0 Å². The summed E-state index contributed by atoms with van der Waals surface area (Å²) in [6, 6.07) is 9.89. The molecule has 0 bridgehead atoms. The molecular weight excluding hydrogens is 212 g/mol. The van der Waals surface area contributed by atoms with Gasteiger partial charge in [-0.05, 0) is 18.4 Å². The fourth-order valence-corrected chi connectivity index (χ4v) is 2.45. The molecule has 1 aliphatic carbocycles. The summed E-state index contributed by atoms with van der Waals surface area (Å²) >= 11 is 0. The molecular formula is C15H18O2. The van der Waals surface area contributed by atoms with E-state index in [9.17, 15) is 9.90 Å². The monoisotopic (exact) mass is 230 g/mol. The number of hydrogen-bond acceptors (Lipinski definition) is 1. The van der Waals surface area contributed by atoms with Crippen molar-refractivity contribution in [3.63, 3.8) is 0 Å². The summed E-state index contributed by atoms with van der Waals surface area (Å²) in [7, 11) is 0. The van der Waals surface area contributed by atoms with Gasteiger partial charge in [0.1, 0.15) is 0 Å². The molecule has 0 spiro atoms. The van der Waals surface area contributed by atoms with E-state index in [-0.39, 0.29) is 0 Å². The minimum atomic E-state index is -0.676. The molecule has 1 aromatic rings. The number of carbonyl (C=O) groups is 1. The first kappa shape index (κ1) is 11.9. The summed E-state index contributed by atoms with van der Waals surface area (Å²) in [5, 5.41) is 9.42. The lowest BCUT2D eigenvalue weighted by Crippen LogP contribution is -2.31. The molecule has 1 aromatic carbocycles. The van der Waals surface area contributed by atoms with Gasteiger partial charge in [0.25, 0.3) is 0 Å². The molecule has 0 unspecified atom stereocenters. The van der Waals surface area contributed by atoms with Gasteiger partial charge < -0.3 is 5.11 Å². The SMILES string of the molecule is O=C(O)C1(/C=C/c2ccccc2)CCCCC1. The molecule has 0 amide bonds. The van der Waals surface area contributed by atoms with Crippen molar-refractivity contribution in [2.45, 2.75) is 32.1 Å². The van der Waals surface area contributed by atoms with Crippen molar-refractivity contribution in [3.05, 3.63) is 42.0 Å². The van der Waals surface area contributed by atoms with E-state index >= 15 is 0 Å². The zero-order valence-corrected chi connectivity index (χ0v) is 9.93. The van der Waals surface area contributed by atoms with Crippen LogP contribution in [0.3, 0.4) is 0 Å². The zero-order chi connectivity index (χ0) is 12.1. The lowest BCUT2D eigenvalue weighted by Gasteiger charge is -2.30. The van der Waals surface area contributed by atoms with Crippen LogP contribution in [0.4, 0.5) is 0 Å². The van der Waals surface area contributed by atoms with Crippen LogP contribution in [0.1, 0.15) is 37.7 Å². The lowest BCUT2D eigenvalue weighted by molar-refractivity contribution is -0.147. The van der Waals surface area contributed by atoms with Gasteiger partial charge in [0, 0.05) is 0 Å². The normalized spacial score (nSPS) is 19.3. The third-order valence-corrected chi connectivity index (χ3v) is 3.57. The minimum Gasteiger partial charge on any atom is -0.481 e. The van der Waals surface area contributed by atoms with Crippen LogP contribution in [-0.4, -0.2) is 11.1 Å². The number of rotatable bonds is 3. The summed E-state index contributed by atoms with van der Waals surface area (Å²) in [6.07, 6.45) is 8.58. The Bertz CT molecular complexity index is 400. The van der Waals surface area contributed by atoms with E-state index in [0.29, 0.717) is 0 Å². The molecule has 90 valence electrons. The predicted octanol–water partition coefficient (Wildman–Crippen LogP) is 3.73. The van der Waals surface area contributed by atoms with Crippen LogP contribution >= 0.6 is 0 Å². The Kier molecular flexibility index (Phi) is 3.62. The molecule has 0 atom stereocenters. The second-order valence-electron chi connectivity index (χ2n) is 4.77. The highest BCUT2D eigenvalue weighted by molar-refractivity contribution is 5.78. The topological polar surface area (TPSA) is 37.3 Å². The first-order chi connectivity index (χ1) is 8.23. The van der Waals surface area contributed by atoms with Gasteiger partial charge in [0.15, 0.2) is 0 Å². The average molecular weight is 230 g/mol. The summed E-state index contributed by atoms with van der Waals surface area (Å²) in [5.41, 5.74) is 0.437. The van der Waals surface area contributed by atoms with E-state index in [1.807, 2.05) is 42.5 Å². The lowest BCUT2D eigenvalue weighted by atomic mass is 9.73. The van der Waals surface area contributed by atoms with Gasteiger partial charge in [-0.1, -0.05) is 61.7 Å². The number of hydrogen-bond donors (Lipinski definition) is 1. The molecule has 1 saturated carbocycles. The van der Waals surface area contributed by atoms with Crippen LogP contribution in [0.15, 0.2) is 36.4 Å². The second kappa shape index (κ2) is 5.17. The van der Waals surface area contributed by atoms with Gasteiger partial charge in [-0.3, -0.25) is 4.79 Å². The summed E-state index contributed by atoms with van der Waals surface area (Å²) in [6.45, 7) is 0. The molecule has 2 nitrogen and oxygen atoms in total. The van der Waals surface area contributed by atoms with Gasteiger partial charge in [-0.15, -0.1) is 0 Å². The Morgan fingerprint density at radius 2 is 1.76 bits per heavy atom. The van der Waals surface area contributed by atoms with E-state index in [1.165, 1.54) is 0 Å². The van der Waals surface area contributed by atoms with Crippen molar-refractivity contribution in [1.29, 1.82) is 0 Å². The van der Waals surface area contributed by atoms with Crippen LogP contribution in [0.2, 0.25) is 0 Å². The fourth-order valence-electron chi connectivity index (χ4n) is 2.45. The van der Waals surface area contributed by atoms with Crippen molar-refractivity contribution >= 4 is 12.0 Å². The molecule has 2 heteroatoms. The van der Waals surface area contributed by atoms with Gasteiger partial charge >= 0.3 is 5.97 Å². The summed E-state index contributed by atoms with van der Waals surface area (Å²) in [5.74, 6) is -0.676. The van der Waals surface area contributed by atoms with Crippen molar-refractivity contribution in [2.24, 2.45) is 5.41 Å². The Balaban J connectivity index is 2.18. The third kappa shape index (κ3) is 2.76. The van der Waals surface area contributed by atoms with Crippen molar-refractivity contribution in [1.82, 2.24) is 0 Å². The van der Waals surface area contributed by atoms with Gasteiger partial charge in [0.05, 0.1) is 5.41 Å². The Morgan fingerprint density at radius 3 is 2.35 bits per heavy atom. The molecule has 0 radical (unpaired) electrons. The van der Waals surface area contributed by atoms with E-state index < -0.39 is 11.4 Å². The summed E-state index contributed by atoms with van der Waals surface area (Å²) in [4.78, 5) is 11.4. The maximum Gasteiger partial charge on any atom is 0.313 e. The van der Waals surface area contributed by atoms with Crippen LogP contribution in [-0.2, 0) is 4.79 Å². The molecule has 0 aliphatic heterocycles. The smallest absolute Gasteiger partial charge is 0.313 e. The van der Waals surface area contributed by atoms with Crippen LogP contribution in [0.5, 0.6) is 0 Å². The molecule has 0 saturated heterocycles. The zero-order valence-electron chi connectivity index (χ0n) is 9.93. The maximum atomic E-state index is 11.4. The quantitative estimate of drug-likeness (QED) is 0.859. The minimum absolute atomic E-state index is 0.631. The maximum absolute atomic E-state index is 11.4. The second-order valence-corrected chi connectivity index (χ2v) is 4.77. The van der Waals surface area contributed by atoms with Crippen LogP contribution < -0.4 is 0 Å². The van der Waals surface area contributed by atoms with Crippen LogP contribution in [0.25, 0.3) is 6.08 Å². The predicted molar refractivity (Wildman–Crippen MR) is 68.6 cm³/mol. The van der Waals surface area contributed by atoms with Crippen molar-refractivity contribution < 1.29 is 9.90 Å². The van der Waals surface area contributed by atoms with Gasteiger partial charge in [-0.25, -0.2) is 0 Å². The molecule has 1 N–H and O–H groups in total. The standard InChI is InChI=1S/C15H18O2/c16-14(17)15(10-5-2-6-11-15)12-9-13-7-3-1-4-8-13/h1,3-4,7-9,12H,2,5-6,10-11H2,(H,16,17)/b12-9+. The van der Waals surface area contributed by atoms with Crippen LogP contribution in [0, 0.1) is 5.41 Å². The third-order valence-electron chi connectivity index (χ3n) is 3.57. The van der Waals surface area contributed by atoms with E-state index in [2.05, 4.69) is 0 Å². The number of carboxylic acids is 1. The first-order valence-corrected chi connectivity index (χ1v) is 6.21. The van der Waals surface area contributed by atoms with Crippen molar-refractivity contribution in [2.75, 3.05) is 0 Å². The molecule has 0 heterocycles. The highest BCUT2D eigenvalue weighted by atomic mass is 16.4. The Labute approximate surface area is 102 Å². The van der Waals surface area contributed by atoms with Gasteiger partial charge in [0.2, 0.25) is 0 Å². The molecule has 1 fully saturated rings. The number of carboxylic acid groups (broad SMARTS) is 1. The fraction of sp³-hybridized carbons (Fsp3) is 0.400. The molecule has 0 aromatic heterocycles. The Hall–Kier alpha value is -1.57. The summed E-state index contributed by atoms with van der Waals surface area (Å²) < 4.78 is 0. The Morgan fingerprint density at radius 1 is 1.12 bits per heavy atom. The number of aliphatic carboxylic acids is 1. The van der Waals surface area contributed by atoms with Gasteiger partial charge in [-0.2, -0.15) is 0 Å². The highest BCUT2D eigenvalue weighted by Crippen LogP contribution is 2.38. The van der Waals surface area contributed by atoms with E-state index in [0.717, 1.165) is 37.7 Å². The van der Waals surface area contributed by atoms with E-state index in [1.54, 1.807) is 0 Å². The molecule has 2 rings (SSSR count). The molecule has 17 heavy (non-hydrogen) atoms. The highest BCUT2D eigenvalue weighted by Gasteiger charge is 2.36. The first-order valence-electron chi connectivity index (χ1n) is 6.21. The largest absolute Gasteiger partial charge is 0.481 e. The average Bonchev–Trinajstić information content (AvgIpc) is 2.38. The number of benzene rings is 1. The molecule has 1 aliphatic rings. The van der Waals surface area contributed by atoms with Crippen molar-refractivity contribution in [3.8, 4) is 0 Å².